The van der Waals surface area contributed by atoms with Crippen molar-refractivity contribution in [2.24, 2.45) is 0 Å². The maximum absolute atomic E-state index is 5.93. The van der Waals surface area contributed by atoms with Gasteiger partial charge >= 0.3 is 0 Å². The molecule has 1 aromatic carbocycles. The quantitative estimate of drug-likeness (QED) is 0.834. The Labute approximate surface area is 111 Å². The molecule has 5 heteroatoms. The van der Waals surface area contributed by atoms with Crippen LogP contribution in [0.4, 0.5) is 11.5 Å². The minimum absolute atomic E-state index is 0.509. The molecule has 2 aromatic rings. The molecule has 2 aliphatic rings. The fraction of sp³-hybridized carbons (Fsp3) is 0.429. The predicted octanol–water partition coefficient (Wildman–Crippen LogP) is 1.36. The lowest BCUT2D eigenvalue weighted by atomic mass is 10.1. The van der Waals surface area contributed by atoms with E-state index in [1.165, 1.54) is 11.3 Å². The second kappa shape index (κ2) is 4.06. The first-order chi connectivity index (χ1) is 9.33. The molecule has 1 aromatic heterocycles. The Morgan fingerprint density at radius 1 is 1.37 bits per heavy atom. The minimum Gasteiger partial charge on any atom is -0.382 e. The van der Waals surface area contributed by atoms with Crippen molar-refractivity contribution in [1.29, 1.82) is 0 Å². The maximum atomic E-state index is 5.93. The standard InChI is InChI=1S/C14H16N4O/c15-14-12-6-13-9(5-10(12)7-16-17-14)1-3-18(13)11-2-4-19-8-11/h5-7,11H,1-4,8H2,(H2,15,17). The first kappa shape index (κ1) is 11.0. The zero-order chi connectivity index (χ0) is 12.8. The van der Waals surface area contributed by atoms with E-state index in [4.69, 9.17) is 10.5 Å². The van der Waals surface area contributed by atoms with Crippen molar-refractivity contribution < 1.29 is 4.74 Å². The Hall–Kier alpha value is -1.88. The fourth-order valence-corrected chi connectivity index (χ4v) is 3.16. The number of hydrogen-bond donors (Lipinski definition) is 1. The van der Waals surface area contributed by atoms with Crippen LogP contribution in [0, 0.1) is 0 Å². The number of nitrogens with two attached hydrogens (primary N) is 1. The number of anilines is 2. The van der Waals surface area contributed by atoms with E-state index in [1.807, 2.05) is 0 Å². The molecule has 1 unspecified atom stereocenters. The van der Waals surface area contributed by atoms with Crippen LogP contribution in [-0.2, 0) is 11.2 Å². The van der Waals surface area contributed by atoms with Crippen molar-refractivity contribution in [1.82, 2.24) is 10.2 Å². The van der Waals surface area contributed by atoms with Crippen LogP contribution in [0.3, 0.4) is 0 Å². The first-order valence-electron chi connectivity index (χ1n) is 6.71. The number of hydrogen-bond acceptors (Lipinski definition) is 5. The van der Waals surface area contributed by atoms with Gasteiger partial charge in [0.1, 0.15) is 0 Å². The van der Waals surface area contributed by atoms with Crippen molar-refractivity contribution in [3.63, 3.8) is 0 Å². The van der Waals surface area contributed by atoms with Gasteiger partial charge in [0.2, 0.25) is 0 Å². The topological polar surface area (TPSA) is 64.3 Å². The van der Waals surface area contributed by atoms with E-state index in [0.29, 0.717) is 11.9 Å². The van der Waals surface area contributed by atoms with Crippen molar-refractivity contribution in [2.75, 3.05) is 30.4 Å². The van der Waals surface area contributed by atoms with Gasteiger partial charge in [0.05, 0.1) is 18.8 Å². The van der Waals surface area contributed by atoms with Gasteiger partial charge in [-0.05, 0) is 30.5 Å². The molecule has 0 saturated carbocycles. The molecule has 0 amide bonds. The number of rotatable bonds is 1. The molecule has 0 radical (unpaired) electrons. The van der Waals surface area contributed by atoms with Crippen molar-refractivity contribution in [3.8, 4) is 0 Å². The molecule has 2 N–H and O–H groups in total. The normalized spacial score (nSPS) is 22.1. The summed E-state index contributed by atoms with van der Waals surface area (Å²) < 4.78 is 5.51. The van der Waals surface area contributed by atoms with E-state index >= 15 is 0 Å². The Balaban J connectivity index is 1.84. The zero-order valence-corrected chi connectivity index (χ0v) is 10.7. The molecule has 98 valence electrons. The van der Waals surface area contributed by atoms with Crippen LogP contribution >= 0.6 is 0 Å². The highest BCUT2D eigenvalue weighted by atomic mass is 16.5. The Morgan fingerprint density at radius 2 is 2.32 bits per heavy atom. The summed E-state index contributed by atoms with van der Waals surface area (Å²) in [5.74, 6) is 0.509. The molecular formula is C14H16N4O. The SMILES string of the molecule is Nc1nncc2cc3c(cc12)N(C1CCOC1)CC3. The number of benzene rings is 1. The smallest absolute Gasteiger partial charge is 0.154 e. The van der Waals surface area contributed by atoms with Gasteiger partial charge in [-0.3, -0.25) is 0 Å². The highest BCUT2D eigenvalue weighted by Crippen LogP contribution is 2.35. The monoisotopic (exact) mass is 256 g/mol. The number of ether oxygens (including phenoxy) is 1. The third-order valence-electron chi connectivity index (χ3n) is 4.17. The van der Waals surface area contributed by atoms with Crippen LogP contribution in [0.25, 0.3) is 10.8 Å². The van der Waals surface area contributed by atoms with Crippen LogP contribution in [0.15, 0.2) is 18.3 Å². The van der Waals surface area contributed by atoms with Crippen LogP contribution in [-0.4, -0.2) is 36.0 Å². The van der Waals surface area contributed by atoms with E-state index in [0.717, 1.165) is 43.4 Å². The summed E-state index contributed by atoms with van der Waals surface area (Å²) in [6.45, 7) is 2.78. The third-order valence-corrected chi connectivity index (χ3v) is 4.17. The van der Waals surface area contributed by atoms with E-state index in [9.17, 15) is 0 Å². The van der Waals surface area contributed by atoms with Crippen molar-refractivity contribution in [2.45, 2.75) is 18.9 Å². The molecule has 0 bridgehead atoms. The van der Waals surface area contributed by atoms with E-state index in [-0.39, 0.29) is 0 Å². The Kier molecular flexibility index (Phi) is 2.35. The summed E-state index contributed by atoms with van der Waals surface area (Å²) >= 11 is 0. The van der Waals surface area contributed by atoms with Gasteiger partial charge in [0.15, 0.2) is 5.82 Å². The second-order valence-corrected chi connectivity index (χ2v) is 5.26. The summed E-state index contributed by atoms with van der Waals surface area (Å²) in [6, 6.07) is 4.88. The molecule has 4 rings (SSSR count). The number of nitrogens with zero attached hydrogens (tertiary/aromatic N) is 3. The lowest BCUT2D eigenvalue weighted by Gasteiger charge is -2.25. The lowest BCUT2D eigenvalue weighted by Crippen LogP contribution is -2.33. The van der Waals surface area contributed by atoms with E-state index in [1.54, 1.807) is 6.20 Å². The van der Waals surface area contributed by atoms with Gasteiger partial charge in [-0.2, -0.15) is 5.10 Å². The molecule has 1 atom stereocenters. The average molecular weight is 256 g/mol. The number of aromatic nitrogens is 2. The first-order valence-corrected chi connectivity index (χ1v) is 6.71. The van der Waals surface area contributed by atoms with Crippen LogP contribution in [0.1, 0.15) is 12.0 Å². The van der Waals surface area contributed by atoms with Gasteiger partial charge < -0.3 is 15.4 Å². The van der Waals surface area contributed by atoms with Gasteiger partial charge in [0.25, 0.3) is 0 Å². The molecule has 0 spiro atoms. The molecular weight excluding hydrogens is 240 g/mol. The Morgan fingerprint density at radius 3 is 3.16 bits per heavy atom. The van der Waals surface area contributed by atoms with Gasteiger partial charge in [-0.1, -0.05) is 0 Å². The van der Waals surface area contributed by atoms with Crippen LogP contribution in [0.5, 0.6) is 0 Å². The van der Waals surface area contributed by atoms with Gasteiger partial charge in [-0.15, -0.1) is 5.10 Å². The Bertz CT molecular complexity index is 637. The van der Waals surface area contributed by atoms with E-state index < -0.39 is 0 Å². The molecule has 3 heterocycles. The van der Waals surface area contributed by atoms with Crippen molar-refractivity contribution >= 4 is 22.3 Å². The van der Waals surface area contributed by atoms with Crippen LogP contribution in [0.2, 0.25) is 0 Å². The van der Waals surface area contributed by atoms with Crippen LogP contribution < -0.4 is 10.6 Å². The molecule has 1 saturated heterocycles. The largest absolute Gasteiger partial charge is 0.382 e. The highest BCUT2D eigenvalue weighted by molar-refractivity contribution is 5.94. The maximum Gasteiger partial charge on any atom is 0.154 e. The van der Waals surface area contributed by atoms with E-state index in [2.05, 4.69) is 27.2 Å². The third kappa shape index (κ3) is 1.65. The predicted molar refractivity (Wildman–Crippen MR) is 74.2 cm³/mol. The summed E-state index contributed by atoms with van der Waals surface area (Å²) in [7, 11) is 0. The molecule has 19 heavy (non-hydrogen) atoms. The summed E-state index contributed by atoms with van der Waals surface area (Å²) in [5, 5.41) is 9.94. The summed E-state index contributed by atoms with van der Waals surface area (Å²) in [4.78, 5) is 2.46. The lowest BCUT2D eigenvalue weighted by molar-refractivity contribution is 0.193. The molecule has 0 aliphatic carbocycles. The number of nitrogen functional groups attached to an aromatic ring is 1. The van der Waals surface area contributed by atoms with Crippen molar-refractivity contribution in [3.05, 3.63) is 23.9 Å². The zero-order valence-electron chi connectivity index (χ0n) is 10.7. The molecule has 5 nitrogen and oxygen atoms in total. The minimum atomic E-state index is 0.509. The summed E-state index contributed by atoms with van der Waals surface area (Å²) in [5.41, 5.74) is 8.61. The fourth-order valence-electron chi connectivity index (χ4n) is 3.16. The average Bonchev–Trinajstić information content (AvgIpc) is 3.05. The summed E-state index contributed by atoms with van der Waals surface area (Å²) in [6.07, 6.45) is 3.98. The van der Waals surface area contributed by atoms with Gasteiger partial charge in [0, 0.05) is 29.6 Å². The highest BCUT2D eigenvalue weighted by Gasteiger charge is 2.29. The molecule has 2 aliphatic heterocycles. The number of fused-ring (bicyclic) bond motifs is 2. The van der Waals surface area contributed by atoms with Gasteiger partial charge in [-0.25, -0.2) is 0 Å². The molecule has 1 fully saturated rings. The second-order valence-electron chi connectivity index (χ2n) is 5.26.